The van der Waals surface area contributed by atoms with Crippen molar-refractivity contribution in [3.63, 3.8) is 0 Å². The Balaban J connectivity index is 2.21. The van der Waals surface area contributed by atoms with Crippen molar-refractivity contribution >= 4 is 17.4 Å². The highest BCUT2D eigenvalue weighted by Crippen LogP contribution is 2.30. The van der Waals surface area contributed by atoms with Crippen molar-refractivity contribution in [1.82, 2.24) is 9.97 Å². The lowest BCUT2D eigenvalue weighted by Crippen LogP contribution is -2.38. The summed E-state index contributed by atoms with van der Waals surface area (Å²) in [5.74, 6) is -0.691. The summed E-state index contributed by atoms with van der Waals surface area (Å²) in [6.07, 6.45) is -2.71. The van der Waals surface area contributed by atoms with Crippen LogP contribution in [0.25, 0.3) is 0 Å². The van der Waals surface area contributed by atoms with Crippen LogP contribution >= 0.6 is 11.6 Å². The Morgan fingerprint density at radius 3 is 2.85 bits per heavy atom. The second-order valence-corrected chi connectivity index (χ2v) is 5.17. The molecule has 0 aromatic carbocycles. The van der Waals surface area contributed by atoms with Gasteiger partial charge in [0.1, 0.15) is 11.0 Å². The van der Waals surface area contributed by atoms with Gasteiger partial charge in [0, 0.05) is 26.3 Å². The van der Waals surface area contributed by atoms with Gasteiger partial charge in [-0.25, -0.2) is 9.97 Å². The van der Waals surface area contributed by atoms with Gasteiger partial charge >= 0.3 is 6.18 Å². The summed E-state index contributed by atoms with van der Waals surface area (Å²) in [5, 5.41) is -0.198. The van der Waals surface area contributed by atoms with Crippen LogP contribution in [0.1, 0.15) is 18.7 Å². The Morgan fingerprint density at radius 1 is 1.45 bits per heavy atom. The maximum Gasteiger partial charge on any atom is 0.451 e. The summed E-state index contributed by atoms with van der Waals surface area (Å²) in [5.41, 5.74) is 0. The number of piperidine rings is 1. The van der Waals surface area contributed by atoms with E-state index in [1.165, 1.54) is 6.07 Å². The van der Waals surface area contributed by atoms with Crippen LogP contribution in [-0.2, 0) is 10.9 Å². The van der Waals surface area contributed by atoms with Crippen molar-refractivity contribution in [2.75, 3.05) is 31.7 Å². The Morgan fingerprint density at radius 2 is 2.20 bits per heavy atom. The molecule has 2 rings (SSSR count). The molecule has 1 saturated heterocycles. The molecule has 1 aliphatic rings. The second kappa shape index (κ2) is 6.13. The third-order valence-electron chi connectivity index (χ3n) is 3.18. The topological polar surface area (TPSA) is 38.2 Å². The van der Waals surface area contributed by atoms with Crippen molar-refractivity contribution < 1.29 is 17.9 Å². The van der Waals surface area contributed by atoms with Gasteiger partial charge in [0.05, 0.1) is 6.61 Å². The molecule has 0 N–H and O–H groups in total. The van der Waals surface area contributed by atoms with Crippen molar-refractivity contribution in [2.45, 2.75) is 19.0 Å². The molecule has 1 unspecified atom stereocenters. The zero-order chi connectivity index (χ0) is 14.8. The van der Waals surface area contributed by atoms with Crippen LogP contribution in [0.2, 0.25) is 5.15 Å². The fourth-order valence-corrected chi connectivity index (χ4v) is 2.52. The molecule has 8 heteroatoms. The van der Waals surface area contributed by atoms with Gasteiger partial charge in [-0.05, 0) is 18.8 Å². The zero-order valence-corrected chi connectivity index (χ0v) is 11.7. The number of halogens is 4. The van der Waals surface area contributed by atoms with Crippen LogP contribution in [0.3, 0.4) is 0 Å². The van der Waals surface area contributed by atoms with Crippen LogP contribution < -0.4 is 4.90 Å². The SMILES string of the molecule is COCC1CCCN(c2cc(Cl)nc(C(F)(F)F)n2)C1. The van der Waals surface area contributed by atoms with Gasteiger partial charge < -0.3 is 9.64 Å². The van der Waals surface area contributed by atoms with E-state index in [0.717, 1.165) is 12.8 Å². The zero-order valence-electron chi connectivity index (χ0n) is 11.0. The number of aromatic nitrogens is 2. The van der Waals surface area contributed by atoms with E-state index in [0.29, 0.717) is 19.7 Å². The molecule has 1 fully saturated rings. The Bertz CT molecular complexity index is 468. The van der Waals surface area contributed by atoms with Crippen molar-refractivity contribution in [2.24, 2.45) is 5.92 Å². The van der Waals surface area contributed by atoms with Crippen LogP contribution in [0.4, 0.5) is 19.0 Å². The van der Waals surface area contributed by atoms with Gasteiger partial charge in [-0.2, -0.15) is 13.2 Å². The predicted octanol–water partition coefficient (Wildman–Crippen LogP) is 3.01. The summed E-state index contributed by atoms with van der Waals surface area (Å²) < 4.78 is 43.2. The number of hydrogen-bond donors (Lipinski definition) is 0. The molecule has 0 saturated carbocycles. The van der Waals surface area contributed by atoms with E-state index in [9.17, 15) is 13.2 Å². The minimum absolute atomic E-state index is 0.198. The molecule has 0 spiro atoms. The van der Waals surface area contributed by atoms with Crippen LogP contribution in [0.5, 0.6) is 0 Å². The first kappa shape index (κ1) is 15.3. The fraction of sp³-hybridized carbons (Fsp3) is 0.667. The van der Waals surface area contributed by atoms with Gasteiger partial charge in [-0.15, -0.1) is 0 Å². The molecule has 0 amide bonds. The highest BCUT2D eigenvalue weighted by Gasteiger charge is 2.36. The number of ether oxygens (including phenoxy) is 1. The molecule has 20 heavy (non-hydrogen) atoms. The lowest BCUT2D eigenvalue weighted by atomic mass is 9.99. The first-order chi connectivity index (χ1) is 9.40. The minimum atomic E-state index is -4.60. The lowest BCUT2D eigenvalue weighted by Gasteiger charge is -2.33. The molecule has 0 bridgehead atoms. The molecule has 0 radical (unpaired) electrons. The number of rotatable bonds is 3. The smallest absolute Gasteiger partial charge is 0.384 e. The maximum atomic E-state index is 12.7. The second-order valence-electron chi connectivity index (χ2n) is 4.78. The third kappa shape index (κ3) is 3.73. The van der Waals surface area contributed by atoms with Crippen LogP contribution in [-0.4, -0.2) is 36.8 Å². The van der Waals surface area contributed by atoms with Crippen molar-refractivity contribution in [3.05, 3.63) is 17.0 Å². The maximum absolute atomic E-state index is 12.7. The van der Waals surface area contributed by atoms with E-state index in [1.54, 1.807) is 12.0 Å². The van der Waals surface area contributed by atoms with Crippen molar-refractivity contribution in [1.29, 1.82) is 0 Å². The average molecular weight is 310 g/mol. The van der Waals surface area contributed by atoms with E-state index >= 15 is 0 Å². The number of anilines is 1. The van der Waals surface area contributed by atoms with E-state index in [2.05, 4.69) is 9.97 Å². The predicted molar refractivity (Wildman–Crippen MR) is 68.9 cm³/mol. The summed E-state index contributed by atoms with van der Waals surface area (Å²) in [7, 11) is 1.61. The molecule has 112 valence electrons. The molecule has 2 heterocycles. The average Bonchev–Trinajstić information content (AvgIpc) is 2.38. The summed E-state index contributed by atoms with van der Waals surface area (Å²) in [6.45, 7) is 1.85. The van der Waals surface area contributed by atoms with E-state index in [4.69, 9.17) is 16.3 Å². The minimum Gasteiger partial charge on any atom is -0.384 e. The lowest BCUT2D eigenvalue weighted by molar-refractivity contribution is -0.144. The number of hydrogen-bond acceptors (Lipinski definition) is 4. The van der Waals surface area contributed by atoms with Gasteiger partial charge in [-0.1, -0.05) is 11.6 Å². The highest BCUT2D eigenvalue weighted by molar-refractivity contribution is 6.29. The molecule has 1 aromatic rings. The van der Waals surface area contributed by atoms with E-state index in [1.807, 2.05) is 0 Å². The Kier molecular flexibility index (Phi) is 4.70. The summed E-state index contributed by atoms with van der Waals surface area (Å²) in [4.78, 5) is 8.62. The molecular weight excluding hydrogens is 295 g/mol. The Hall–Kier alpha value is -1.08. The van der Waals surface area contributed by atoms with E-state index < -0.39 is 12.0 Å². The van der Waals surface area contributed by atoms with Crippen LogP contribution in [0, 0.1) is 5.92 Å². The number of nitrogens with zero attached hydrogens (tertiary/aromatic N) is 3. The van der Waals surface area contributed by atoms with Crippen LogP contribution in [0.15, 0.2) is 6.07 Å². The number of alkyl halides is 3. The quantitative estimate of drug-likeness (QED) is 0.805. The summed E-state index contributed by atoms with van der Waals surface area (Å²) >= 11 is 5.67. The normalized spacial score (nSPS) is 20.2. The molecule has 1 aromatic heterocycles. The molecule has 1 aliphatic heterocycles. The molecule has 0 aliphatic carbocycles. The highest BCUT2D eigenvalue weighted by atomic mass is 35.5. The standard InChI is InChI=1S/C12H15ClF3N3O/c1-20-7-8-3-2-4-19(6-8)10-5-9(13)17-11(18-10)12(14,15)16/h5,8H,2-4,6-7H2,1H3. The third-order valence-corrected chi connectivity index (χ3v) is 3.37. The Labute approximate surface area is 119 Å². The molecular formula is C12H15ClF3N3O. The van der Waals surface area contributed by atoms with Gasteiger partial charge in [0.2, 0.25) is 5.82 Å². The van der Waals surface area contributed by atoms with Gasteiger partial charge in [-0.3, -0.25) is 0 Å². The van der Waals surface area contributed by atoms with Gasteiger partial charge in [0.25, 0.3) is 0 Å². The summed E-state index contributed by atoms with van der Waals surface area (Å²) in [6, 6.07) is 1.37. The molecule has 4 nitrogen and oxygen atoms in total. The monoisotopic (exact) mass is 309 g/mol. The number of methoxy groups -OCH3 is 1. The van der Waals surface area contributed by atoms with Crippen molar-refractivity contribution in [3.8, 4) is 0 Å². The van der Waals surface area contributed by atoms with Gasteiger partial charge in [0.15, 0.2) is 0 Å². The largest absolute Gasteiger partial charge is 0.451 e. The first-order valence-electron chi connectivity index (χ1n) is 6.26. The molecule has 1 atom stereocenters. The fourth-order valence-electron chi connectivity index (χ4n) is 2.34. The first-order valence-corrected chi connectivity index (χ1v) is 6.63. The van der Waals surface area contributed by atoms with E-state index in [-0.39, 0.29) is 16.9 Å².